The lowest BCUT2D eigenvalue weighted by Gasteiger charge is -2.37. The molecule has 2 atom stereocenters. The molecule has 5 nitrogen and oxygen atoms in total. The Balaban J connectivity index is 2.32. The van der Waals surface area contributed by atoms with Gasteiger partial charge in [-0.25, -0.2) is 13.1 Å². The van der Waals surface area contributed by atoms with Gasteiger partial charge in [-0.05, 0) is 30.9 Å². The Morgan fingerprint density at radius 3 is 2.71 bits per heavy atom. The molecular weight excluding hydrogens is 286 g/mol. The maximum Gasteiger partial charge on any atom is 0.242 e. The van der Waals surface area contributed by atoms with E-state index in [9.17, 15) is 8.42 Å². The highest BCUT2D eigenvalue weighted by molar-refractivity contribution is 7.89. The maximum absolute atomic E-state index is 12.4. The first kappa shape index (κ1) is 16.3. The second-order valence-corrected chi connectivity index (χ2v) is 7.61. The second kappa shape index (κ2) is 6.77. The molecule has 118 valence electrons. The molecule has 2 rings (SSSR count). The number of para-hydroxylation sites is 1. The smallest absolute Gasteiger partial charge is 0.242 e. The summed E-state index contributed by atoms with van der Waals surface area (Å²) in [5, 5.41) is 0. The quantitative estimate of drug-likeness (QED) is 0.865. The van der Waals surface area contributed by atoms with E-state index < -0.39 is 10.0 Å². The standard InChI is InChI=1S/C15H25N3O2S/c1-3-8-17-21(19,20)15-7-5-4-6-14(15)18-10-12(2)9-13(16)11-18/h4-7,12-13,17H,3,8-11,16H2,1-2H3. The third-order valence-electron chi connectivity index (χ3n) is 3.73. The first-order valence-electron chi connectivity index (χ1n) is 7.53. The third-order valence-corrected chi connectivity index (χ3v) is 5.24. The molecule has 6 heteroatoms. The van der Waals surface area contributed by atoms with Crippen LogP contribution >= 0.6 is 0 Å². The molecule has 1 aromatic carbocycles. The predicted octanol–water partition coefficient (Wildman–Crippen LogP) is 1.55. The van der Waals surface area contributed by atoms with Gasteiger partial charge in [-0.3, -0.25) is 0 Å². The van der Waals surface area contributed by atoms with E-state index >= 15 is 0 Å². The van der Waals surface area contributed by atoms with Crippen LogP contribution in [0.2, 0.25) is 0 Å². The van der Waals surface area contributed by atoms with Crippen molar-refractivity contribution < 1.29 is 8.42 Å². The summed E-state index contributed by atoms with van der Waals surface area (Å²) in [6, 6.07) is 7.26. The summed E-state index contributed by atoms with van der Waals surface area (Å²) in [6.45, 7) is 6.09. The Hall–Kier alpha value is -1.11. The molecule has 1 heterocycles. The van der Waals surface area contributed by atoms with Gasteiger partial charge in [0.15, 0.2) is 0 Å². The summed E-state index contributed by atoms with van der Waals surface area (Å²) in [5.74, 6) is 0.466. The first-order valence-corrected chi connectivity index (χ1v) is 9.01. The van der Waals surface area contributed by atoms with Gasteiger partial charge in [-0.1, -0.05) is 26.0 Å². The molecule has 21 heavy (non-hydrogen) atoms. The minimum absolute atomic E-state index is 0.0908. The van der Waals surface area contributed by atoms with Gasteiger partial charge in [0.1, 0.15) is 4.90 Å². The number of nitrogens with one attached hydrogen (secondary N) is 1. The normalized spacial score (nSPS) is 23.3. The molecule has 0 aromatic heterocycles. The molecule has 0 bridgehead atoms. The summed E-state index contributed by atoms with van der Waals surface area (Å²) in [7, 11) is -3.47. The highest BCUT2D eigenvalue weighted by atomic mass is 32.2. The molecule has 1 saturated heterocycles. The minimum atomic E-state index is -3.47. The number of rotatable bonds is 5. The molecule has 0 spiro atoms. The van der Waals surface area contributed by atoms with Crippen LogP contribution in [0.4, 0.5) is 5.69 Å². The fraction of sp³-hybridized carbons (Fsp3) is 0.600. The molecule has 3 N–H and O–H groups in total. The molecule has 2 unspecified atom stereocenters. The van der Waals surface area contributed by atoms with Crippen molar-refractivity contribution >= 4 is 15.7 Å². The van der Waals surface area contributed by atoms with E-state index in [0.717, 1.165) is 25.1 Å². The fourth-order valence-electron chi connectivity index (χ4n) is 2.86. The number of benzene rings is 1. The molecule has 1 aromatic rings. The number of hydrogen-bond acceptors (Lipinski definition) is 4. The Bertz CT molecular complexity index is 564. The fourth-order valence-corrected chi connectivity index (χ4v) is 4.21. The van der Waals surface area contributed by atoms with E-state index in [1.54, 1.807) is 12.1 Å². The maximum atomic E-state index is 12.4. The summed E-state index contributed by atoms with van der Waals surface area (Å²) in [4.78, 5) is 2.44. The highest BCUT2D eigenvalue weighted by Gasteiger charge is 2.27. The first-order chi connectivity index (χ1) is 9.94. The van der Waals surface area contributed by atoms with Crippen molar-refractivity contribution in [2.24, 2.45) is 11.7 Å². The van der Waals surface area contributed by atoms with Crippen LogP contribution in [0.15, 0.2) is 29.2 Å². The second-order valence-electron chi connectivity index (χ2n) is 5.87. The topological polar surface area (TPSA) is 75.4 Å². The van der Waals surface area contributed by atoms with Gasteiger partial charge in [-0.15, -0.1) is 0 Å². The Morgan fingerprint density at radius 2 is 2.05 bits per heavy atom. The average Bonchev–Trinajstić information content (AvgIpc) is 2.44. The van der Waals surface area contributed by atoms with Crippen molar-refractivity contribution in [3.63, 3.8) is 0 Å². The minimum Gasteiger partial charge on any atom is -0.369 e. The molecule has 0 saturated carbocycles. The van der Waals surface area contributed by atoms with Crippen LogP contribution in [0.1, 0.15) is 26.7 Å². The Kier molecular flexibility index (Phi) is 5.24. The van der Waals surface area contributed by atoms with E-state index in [-0.39, 0.29) is 6.04 Å². The van der Waals surface area contributed by atoms with Crippen molar-refractivity contribution in [1.29, 1.82) is 0 Å². The predicted molar refractivity (Wildman–Crippen MR) is 85.9 cm³/mol. The monoisotopic (exact) mass is 311 g/mol. The summed E-state index contributed by atoms with van der Waals surface area (Å²) in [5.41, 5.74) is 6.84. The zero-order valence-corrected chi connectivity index (χ0v) is 13.6. The summed E-state index contributed by atoms with van der Waals surface area (Å²) < 4.78 is 27.5. The van der Waals surface area contributed by atoms with Crippen molar-refractivity contribution in [1.82, 2.24) is 4.72 Å². The largest absolute Gasteiger partial charge is 0.369 e. The SMILES string of the molecule is CCCNS(=O)(=O)c1ccccc1N1CC(C)CC(N)C1. The van der Waals surface area contributed by atoms with Crippen LogP contribution in [0, 0.1) is 5.92 Å². The van der Waals surface area contributed by atoms with E-state index in [4.69, 9.17) is 5.73 Å². The molecule has 1 aliphatic rings. The van der Waals surface area contributed by atoms with E-state index in [2.05, 4.69) is 16.5 Å². The van der Waals surface area contributed by atoms with Gasteiger partial charge in [0.25, 0.3) is 0 Å². The van der Waals surface area contributed by atoms with Crippen LogP contribution < -0.4 is 15.4 Å². The number of nitrogens with two attached hydrogens (primary N) is 1. The van der Waals surface area contributed by atoms with Gasteiger partial charge in [0, 0.05) is 25.7 Å². The van der Waals surface area contributed by atoms with E-state index in [1.807, 2.05) is 19.1 Å². The van der Waals surface area contributed by atoms with Crippen LogP contribution in [0.3, 0.4) is 0 Å². The number of sulfonamides is 1. The zero-order chi connectivity index (χ0) is 15.5. The van der Waals surface area contributed by atoms with Gasteiger partial charge in [0.2, 0.25) is 10.0 Å². The molecule has 0 amide bonds. The molecule has 0 radical (unpaired) electrons. The zero-order valence-electron chi connectivity index (χ0n) is 12.7. The van der Waals surface area contributed by atoms with Crippen molar-refractivity contribution in [2.45, 2.75) is 37.6 Å². The van der Waals surface area contributed by atoms with Gasteiger partial charge < -0.3 is 10.6 Å². The van der Waals surface area contributed by atoms with Crippen molar-refractivity contribution in [2.75, 3.05) is 24.5 Å². The van der Waals surface area contributed by atoms with Gasteiger partial charge in [-0.2, -0.15) is 0 Å². The van der Waals surface area contributed by atoms with Gasteiger partial charge >= 0.3 is 0 Å². The lowest BCUT2D eigenvalue weighted by Crippen LogP contribution is -2.47. The van der Waals surface area contributed by atoms with Crippen LogP contribution in [-0.2, 0) is 10.0 Å². The molecule has 1 aliphatic heterocycles. The van der Waals surface area contributed by atoms with E-state index in [0.29, 0.717) is 23.9 Å². The van der Waals surface area contributed by atoms with Crippen molar-refractivity contribution in [3.8, 4) is 0 Å². The molecule has 1 fully saturated rings. The van der Waals surface area contributed by atoms with Crippen molar-refractivity contribution in [3.05, 3.63) is 24.3 Å². The number of nitrogens with zero attached hydrogens (tertiary/aromatic N) is 1. The average molecular weight is 311 g/mol. The number of hydrogen-bond donors (Lipinski definition) is 2. The third kappa shape index (κ3) is 3.96. The lowest BCUT2D eigenvalue weighted by molar-refractivity contribution is 0.400. The van der Waals surface area contributed by atoms with Crippen LogP contribution in [-0.4, -0.2) is 34.1 Å². The van der Waals surface area contributed by atoms with Crippen LogP contribution in [0.5, 0.6) is 0 Å². The summed E-state index contributed by atoms with van der Waals surface area (Å²) in [6.07, 6.45) is 1.76. The highest BCUT2D eigenvalue weighted by Crippen LogP contribution is 2.28. The lowest BCUT2D eigenvalue weighted by atomic mass is 9.96. The molecule has 0 aliphatic carbocycles. The van der Waals surface area contributed by atoms with E-state index in [1.165, 1.54) is 0 Å². The number of piperidine rings is 1. The van der Waals surface area contributed by atoms with Gasteiger partial charge in [0.05, 0.1) is 5.69 Å². The Labute approximate surface area is 127 Å². The molecular formula is C15H25N3O2S. The Morgan fingerprint density at radius 1 is 1.33 bits per heavy atom. The summed E-state index contributed by atoms with van der Waals surface area (Å²) >= 11 is 0. The number of anilines is 1. The van der Waals surface area contributed by atoms with Crippen LogP contribution in [0.25, 0.3) is 0 Å².